The van der Waals surface area contributed by atoms with E-state index in [9.17, 15) is 18.0 Å². The van der Waals surface area contributed by atoms with E-state index in [0.29, 0.717) is 5.69 Å². The van der Waals surface area contributed by atoms with Gasteiger partial charge in [-0.25, -0.2) is 8.42 Å². The number of hydrogen-bond acceptors (Lipinski definition) is 5. The van der Waals surface area contributed by atoms with Crippen LogP contribution in [0.3, 0.4) is 0 Å². The van der Waals surface area contributed by atoms with Crippen LogP contribution in [0.2, 0.25) is 5.02 Å². The van der Waals surface area contributed by atoms with Gasteiger partial charge in [-0.05, 0) is 55.5 Å². The van der Waals surface area contributed by atoms with Crippen LogP contribution in [0, 0.1) is 6.92 Å². The summed E-state index contributed by atoms with van der Waals surface area (Å²) in [5.41, 5.74) is 2.67. The zero-order chi connectivity index (χ0) is 23.0. The molecule has 10 heteroatoms. The van der Waals surface area contributed by atoms with Crippen molar-refractivity contribution in [2.24, 2.45) is 7.05 Å². The molecule has 0 radical (unpaired) electrons. The van der Waals surface area contributed by atoms with Gasteiger partial charge in [-0.3, -0.25) is 14.3 Å². The first-order valence-electron chi connectivity index (χ1n) is 9.44. The van der Waals surface area contributed by atoms with E-state index in [2.05, 4.69) is 10.0 Å². The van der Waals surface area contributed by atoms with Crippen molar-refractivity contribution in [2.45, 2.75) is 11.8 Å². The average Bonchev–Trinajstić information content (AvgIpc) is 3.01. The van der Waals surface area contributed by atoms with Gasteiger partial charge < -0.3 is 9.88 Å². The van der Waals surface area contributed by atoms with Crippen LogP contribution in [0.1, 0.15) is 15.9 Å². The quantitative estimate of drug-likeness (QED) is 0.429. The maximum Gasteiger partial charge on any atom is 0.307 e. The highest BCUT2D eigenvalue weighted by Crippen LogP contribution is 2.26. The van der Waals surface area contributed by atoms with Crippen LogP contribution in [0.15, 0.2) is 70.4 Å². The number of aromatic nitrogens is 1. The molecular formula is C22H18ClN3O4S2. The van der Waals surface area contributed by atoms with Gasteiger partial charge in [-0.2, -0.15) is 0 Å². The Balaban J connectivity index is 1.53. The summed E-state index contributed by atoms with van der Waals surface area (Å²) in [5, 5.41) is 2.85. The first-order valence-corrected chi connectivity index (χ1v) is 12.1. The number of hydrogen-bond donors (Lipinski definition) is 2. The van der Waals surface area contributed by atoms with Crippen LogP contribution >= 0.6 is 22.9 Å². The number of sulfonamides is 1. The van der Waals surface area contributed by atoms with Crippen molar-refractivity contribution in [3.8, 4) is 0 Å². The third kappa shape index (κ3) is 4.40. The van der Waals surface area contributed by atoms with Crippen molar-refractivity contribution in [1.82, 2.24) is 4.57 Å². The van der Waals surface area contributed by atoms with Gasteiger partial charge in [0, 0.05) is 12.7 Å². The van der Waals surface area contributed by atoms with Crippen molar-refractivity contribution in [1.29, 1.82) is 0 Å². The van der Waals surface area contributed by atoms with Gasteiger partial charge in [0.1, 0.15) is 0 Å². The smallest absolute Gasteiger partial charge is 0.307 e. The Hall–Kier alpha value is -3.14. The average molecular weight is 488 g/mol. The Morgan fingerprint density at radius 2 is 1.69 bits per heavy atom. The normalized spacial score (nSPS) is 11.5. The molecule has 7 nitrogen and oxygen atoms in total. The molecule has 0 bridgehead atoms. The van der Waals surface area contributed by atoms with Crippen molar-refractivity contribution in [3.05, 3.63) is 86.5 Å². The van der Waals surface area contributed by atoms with Gasteiger partial charge in [0.05, 0.1) is 31.4 Å². The van der Waals surface area contributed by atoms with Gasteiger partial charge in [0.15, 0.2) is 0 Å². The Morgan fingerprint density at radius 3 is 2.38 bits per heavy atom. The molecule has 0 saturated carbocycles. The summed E-state index contributed by atoms with van der Waals surface area (Å²) in [4.78, 5) is 24.5. The number of aryl methyl sites for hydroxylation is 2. The number of anilines is 2. The largest absolute Gasteiger partial charge is 0.322 e. The molecule has 0 spiro atoms. The lowest BCUT2D eigenvalue weighted by atomic mass is 10.2. The Morgan fingerprint density at radius 1 is 1.00 bits per heavy atom. The van der Waals surface area contributed by atoms with Gasteiger partial charge in [0.2, 0.25) is 0 Å². The zero-order valence-electron chi connectivity index (χ0n) is 17.0. The zero-order valence-corrected chi connectivity index (χ0v) is 19.4. The van der Waals surface area contributed by atoms with Crippen LogP contribution in [-0.4, -0.2) is 18.9 Å². The standard InChI is InChI=1S/C22H18ClN3O4S2/c1-13-3-7-16(8-4-13)32(29,30)25-15-5-9-17(18(23)11-15)21(27)24-14-6-10-19-20(12-14)31-22(28)26(19)2/h3-12,25H,1-2H3,(H,24,27). The number of nitrogens with zero attached hydrogens (tertiary/aromatic N) is 1. The molecular weight excluding hydrogens is 470 g/mol. The second-order valence-corrected chi connectivity index (χ2v) is 10.3. The number of nitrogens with one attached hydrogen (secondary N) is 2. The number of rotatable bonds is 5. The highest BCUT2D eigenvalue weighted by Gasteiger charge is 2.17. The highest BCUT2D eigenvalue weighted by atomic mass is 35.5. The molecule has 4 rings (SSSR count). The fraction of sp³-hybridized carbons (Fsp3) is 0.0909. The monoisotopic (exact) mass is 487 g/mol. The summed E-state index contributed by atoms with van der Waals surface area (Å²) in [6.07, 6.45) is 0. The van der Waals surface area contributed by atoms with E-state index in [0.717, 1.165) is 27.1 Å². The van der Waals surface area contributed by atoms with Gasteiger partial charge in [-0.1, -0.05) is 40.6 Å². The minimum atomic E-state index is -3.79. The first kappa shape index (κ1) is 22.1. The molecule has 0 atom stereocenters. The fourth-order valence-electron chi connectivity index (χ4n) is 3.10. The summed E-state index contributed by atoms with van der Waals surface area (Å²) >= 11 is 7.36. The Kier molecular flexibility index (Phi) is 5.81. The van der Waals surface area contributed by atoms with Gasteiger partial charge >= 0.3 is 4.87 Å². The van der Waals surface area contributed by atoms with Crippen molar-refractivity contribution >= 4 is 60.5 Å². The lowest BCUT2D eigenvalue weighted by Crippen LogP contribution is -2.15. The Labute approximate surface area is 193 Å². The Bertz CT molecular complexity index is 1510. The molecule has 164 valence electrons. The molecule has 32 heavy (non-hydrogen) atoms. The molecule has 0 aliphatic carbocycles. The van der Waals surface area contributed by atoms with Crippen molar-refractivity contribution < 1.29 is 13.2 Å². The first-order chi connectivity index (χ1) is 15.1. The van der Waals surface area contributed by atoms with E-state index in [-0.39, 0.29) is 26.0 Å². The predicted octanol–water partition coefficient (Wildman–Crippen LogP) is 4.61. The SMILES string of the molecule is Cc1ccc(S(=O)(=O)Nc2ccc(C(=O)Nc3ccc4c(c3)sc(=O)n4C)c(Cl)c2)cc1. The highest BCUT2D eigenvalue weighted by molar-refractivity contribution is 7.92. The number of halogens is 1. The van der Waals surface area contributed by atoms with Crippen LogP contribution in [0.5, 0.6) is 0 Å². The fourth-order valence-corrected chi connectivity index (χ4v) is 5.34. The van der Waals surface area contributed by atoms with Crippen LogP contribution in [0.4, 0.5) is 11.4 Å². The van der Waals surface area contributed by atoms with Gasteiger partial charge in [0.25, 0.3) is 15.9 Å². The molecule has 1 heterocycles. The molecule has 4 aromatic rings. The third-order valence-electron chi connectivity index (χ3n) is 4.85. The minimum Gasteiger partial charge on any atom is -0.322 e. The topological polar surface area (TPSA) is 97.3 Å². The van der Waals surface area contributed by atoms with E-state index in [1.54, 1.807) is 41.9 Å². The number of benzene rings is 3. The number of fused-ring (bicyclic) bond motifs is 1. The lowest BCUT2D eigenvalue weighted by Gasteiger charge is -2.11. The van der Waals surface area contributed by atoms with E-state index in [1.807, 2.05) is 6.92 Å². The van der Waals surface area contributed by atoms with E-state index in [4.69, 9.17) is 11.6 Å². The number of amides is 1. The number of carbonyl (C=O) groups excluding carboxylic acids is 1. The van der Waals surface area contributed by atoms with Crippen molar-refractivity contribution in [3.63, 3.8) is 0 Å². The molecule has 0 saturated heterocycles. The molecule has 0 aliphatic rings. The predicted molar refractivity (Wildman–Crippen MR) is 128 cm³/mol. The summed E-state index contributed by atoms with van der Waals surface area (Å²) in [6.45, 7) is 1.87. The second kappa shape index (κ2) is 8.42. The molecule has 1 aromatic heterocycles. The molecule has 0 fully saturated rings. The molecule has 2 N–H and O–H groups in total. The van der Waals surface area contributed by atoms with E-state index >= 15 is 0 Å². The van der Waals surface area contributed by atoms with Crippen LogP contribution < -0.4 is 14.9 Å². The van der Waals surface area contributed by atoms with Crippen molar-refractivity contribution in [2.75, 3.05) is 10.0 Å². The molecule has 3 aromatic carbocycles. The number of carbonyl (C=O) groups is 1. The third-order valence-corrected chi connectivity index (χ3v) is 7.55. The maximum atomic E-state index is 12.7. The summed E-state index contributed by atoms with van der Waals surface area (Å²) < 4.78 is 29.9. The summed E-state index contributed by atoms with van der Waals surface area (Å²) in [7, 11) is -2.10. The summed E-state index contributed by atoms with van der Waals surface area (Å²) in [6, 6.07) is 15.9. The van der Waals surface area contributed by atoms with E-state index in [1.165, 1.54) is 30.3 Å². The summed E-state index contributed by atoms with van der Waals surface area (Å²) in [5.74, 6) is -0.453. The van der Waals surface area contributed by atoms with E-state index < -0.39 is 15.9 Å². The molecule has 1 amide bonds. The van der Waals surface area contributed by atoms with Crippen LogP contribution in [-0.2, 0) is 17.1 Å². The minimum absolute atomic E-state index is 0.0878. The molecule has 0 unspecified atom stereocenters. The molecule has 0 aliphatic heterocycles. The maximum absolute atomic E-state index is 12.7. The van der Waals surface area contributed by atoms with Crippen LogP contribution in [0.25, 0.3) is 10.2 Å². The lowest BCUT2D eigenvalue weighted by molar-refractivity contribution is 0.102. The van der Waals surface area contributed by atoms with Gasteiger partial charge in [-0.15, -0.1) is 0 Å². The second-order valence-electron chi connectivity index (χ2n) is 7.18. The number of thiazole rings is 1.